The molecule has 0 fully saturated rings. The number of amides is 1. The Morgan fingerprint density at radius 3 is 2.36 bits per heavy atom. The second kappa shape index (κ2) is 10.2. The number of aryl methyl sites for hydroxylation is 1. The summed E-state index contributed by atoms with van der Waals surface area (Å²) in [4.78, 5) is 26.0. The molecule has 0 unspecified atom stereocenters. The van der Waals surface area contributed by atoms with Crippen molar-refractivity contribution in [3.63, 3.8) is 0 Å². The second-order valence-corrected chi connectivity index (χ2v) is 8.46. The third kappa shape index (κ3) is 5.50. The summed E-state index contributed by atoms with van der Waals surface area (Å²) in [6.07, 6.45) is 5.84. The highest BCUT2D eigenvalue weighted by atomic mass is 16.1. The van der Waals surface area contributed by atoms with E-state index >= 15 is 0 Å². The van der Waals surface area contributed by atoms with Gasteiger partial charge in [0.25, 0.3) is 0 Å². The minimum Gasteiger partial charge on any atom is -0.352 e. The zero-order valence-corrected chi connectivity index (χ0v) is 19.2. The predicted molar refractivity (Wildman–Crippen MR) is 132 cm³/mol. The fourth-order valence-corrected chi connectivity index (χ4v) is 3.66. The number of benzene rings is 2. The van der Waals surface area contributed by atoms with E-state index in [-0.39, 0.29) is 11.8 Å². The Hall–Kier alpha value is -3.86. The van der Waals surface area contributed by atoms with Crippen molar-refractivity contribution in [2.45, 2.75) is 39.7 Å². The summed E-state index contributed by atoms with van der Waals surface area (Å²) in [5.41, 5.74) is 7.15. The third-order valence-corrected chi connectivity index (χ3v) is 5.64. The molecule has 5 nitrogen and oxygen atoms in total. The molecular weight excluding hydrogens is 408 g/mol. The molecule has 2 aromatic carbocycles. The van der Waals surface area contributed by atoms with Gasteiger partial charge < -0.3 is 5.32 Å². The largest absolute Gasteiger partial charge is 0.352 e. The van der Waals surface area contributed by atoms with Crippen LogP contribution in [-0.2, 0) is 17.8 Å². The molecule has 0 spiro atoms. The molecule has 1 N–H and O–H groups in total. The minimum atomic E-state index is 0.0192. The lowest BCUT2D eigenvalue weighted by molar-refractivity contribution is -0.120. The smallest absolute Gasteiger partial charge is 0.224 e. The Morgan fingerprint density at radius 2 is 1.67 bits per heavy atom. The molecule has 2 heterocycles. The molecule has 0 saturated carbocycles. The van der Waals surface area contributed by atoms with E-state index in [1.807, 2.05) is 61.7 Å². The molecule has 0 saturated heterocycles. The van der Waals surface area contributed by atoms with E-state index < -0.39 is 0 Å². The van der Waals surface area contributed by atoms with Gasteiger partial charge in [-0.25, -0.2) is 9.97 Å². The van der Waals surface area contributed by atoms with Gasteiger partial charge in [-0.15, -0.1) is 0 Å². The van der Waals surface area contributed by atoms with E-state index in [4.69, 9.17) is 4.98 Å². The number of rotatable bonds is 7. The Morgan fingerprint density at radius 1 is 0.939 bits per heavy atom. The van der Waals surface area contributed by atoms with Crippen LogP contribution in [0.3, 0.4) is 0 Å². The minimum absolute atomic E-state index is 0.0192. The number of nitrogens with one attached hydrogen (secondary N) is 1. The molecule has 0 atom stereocenters. The molecule has 166 valence electrons. The topological polar surface area (TPSA) is 67.8 Å². The predicted octanol–water partition coefficient (Wildman–Crippen LogP) is 5.50. The monoisotopic (exact) mass is 436 g/mol. The van der Waals surface area contributed by atoms with Crippen LogP contribution in [0.4, 0.5) is 0 Å². The summed E-state index contributed by atoms with van der Waals surface area (Å²) >= 11 is 0. The lowest BCUT2D eigenvalue weighted by atomic mass is 10.00. The molecule has 0 aliphatic heterocycles. The molecule has 0 bridgehead atoms. The molecule has 2 aromatic heterocycles. The van der Waals surface area contributed by atoms with Crippen LogP contribution in [-0.4, -0.2) is 20.9 Å². The van der Waals surface area contributed by atoms with Crippen molar-refractivity contribution < 1.29 is 4.79 Å². The van der Waals surface area contributed by atoms with Gasteiger partial charge in [0.05, 0.1) is 12.1 Å². The average Bonchev–Trinajstić information content (AvgIpc) is 2.84. The number of hydrogen-bond donors (Lipinski definition) is 1. The lowest BCUT2D eigenvalue weighted by Gasteiger charge is -2.13. The maximum atomic E-state index is 12.4. The maximum Gasteiger partial charge on any atom is 0.224 e. The first-order valence-corrected chi connectivity index (χ1v) is 11.2. The number of carbonyl (C=O) groups excluding carboxylic acids is 1. The van der Waals surface area contributed by atoms with Gasteiger partial charge in [-0.3, -0.25) is 9.78 Å². The zero-order chi connectivity index (χ0) is 23.2. The Bertz CT molecular complexity index is 1230. The zero-order valence-electron chi connectivity index (χ0n) is 19.2. The average molecular weight is 437 g/mol. The van der Waals surface area contributed by atoms with Gasteiger partial charge in [0, 0.05) is 42.2 Å². The van der Waals surface area contributed by atoms with Crippen molar-refractivity contribution >= 4 is 5.91 Å². The van der Waals surface area contributed by atoms with Crippen molar-refractivity contribution in [3.8, 4) is 22.4 Å². The lowest BCUT2D eigenvalue weighted by Crippen LogP contribution is -2.24. The third-order valence-electron chi connectivity index (χ3n) is 5.64. The van der Waals surface area contributed by atoms with E-state index in [0.717, 1.165) is 44.9 Å². The highest BCUT2D eigenvalue weighted by Gasteiger charge is 2.13. The molecule has 5 heteroatoms. The van der Waals surface area contributed by atoms with Crippen LogP contribution in [0, 0.1) is 6.92 Å². The first-order chi connectivity index (χ1) is 16.0. The van der Waals surface area contributed by atoms with Gasteiger partial charge in [-0.2, -0.15) is 0 Å². The van der Waals surface area contributed by atoms with Crippen LogP contribution in [0.15, 0.2) is 79.3 Å². The number of hydrogen-bond acceptors (Lipinski definition) is 4. The molecule has 4 rings (SSSR count). The van der Waals surface area contributed by atoms with Crippen LogP contribution >= 0.6 is 0 Å². The Labute approximate surface area is 195 Å². The summed E-state index contributed by atoms with van der Waals surface area (Å²) in [5, 5.41) is 3.02. The summed E-state index contributed by atoms with van der Waals surface area (Å²) in [6.45, 7) is 6.70. The van der Waals surface area contributed by atoms with Crippen LogP contribution in [0.5, 0.6) is 0 Å². The van der Waals surface area contributed by atoms with Gasteiger partial charge in [0.1, 0.15) is 5.82 Å². The van der Waals surface area contributed by atoms with Crippen LogP contribution < -0.4 is 5.32 Å². The van der Waals surface area contributed by atoms with Gasteiger partial charge in [0.15, 0.2) is 0 Å². The number of carbonyl (C=O) groups is 1. The van der Waals surface area contributed by atoms with E-state index in [1.165, 1.54) is 0 Å². The number of nitrogens with zero attached hydrogens (tertiary/aromatic N) is 3. The SMILES string of the molecule is Cc1ccccc1CC(=O)NCc1ccc(-c2nc(C(C)C)ncc2-c2ccncc2)cc1. The first-order valence-electron chi connectivity index (χ1n) is 11.2. The van der Waals surface area contributed by atoms with Crippen LogP contribution in [0.2, 0.25) is 0 Å². The van der Waals surface area contributed by atoms with Crippen LogP contribution in [0.25, 0.3) is 22.4 Å². The molecule has 0 radical (unpaired) electrons. The van der Waals surface area contributed by atoms with Crippen molar-refractivity contribution in [3.05, 3.63) is 102 Å². The van der Waals surface area contributed by atoms with Gasteiger partial charge >= 0.3 is 0 Å². The molecular formula is C28H28N4O. The highest BCUT2D eigenvalue weighted by molar-refractivity contribution is 5.80. The second-order valence-electron chi connectivity index (χ2n) is 8.46. The summed E-state index contributed by atoms with van der Waals surface area (Å²) in [6, 6.07) is 20.1. The van der Waals surface area contributed by atoms with Crippen LogP contribution in [0.1, 0.15) is 42.3 Å². The maximum absolute atomic E-state index is 12.4. The standard InChI is InChI=1S/C28H28N4O/c1-19(2)28-31-18-25(22-12-14-29-15-13-22)27(32-28)23-10-8-21(9-11-23)17-30-26(33)16-24-7-5-4-6-20(24)3/h4-15,18-19H,16-17H2,1-3H3,(H,30,33). The van der Waals surface area contributed by atoms with E-state index in [9.17, 15) is 4.79 Å². The first kappa shape index (κ1) is 22.3. The molecule has 33 heavy (non-hydrogen) atoms. The Kier molecular flexibility index (Phi) is 6.89. The van der Waals surface area contributed by atoms with Crippen molar-refractivity contribution in [1.82, 2.24) is 20.3 Å². The van der Waals surface area contributed by atoms with Crippen molar-refractivity contribution in [2.24, 2.45) is 0 Å². The fourth-order valence-electron chi connectivity index (χ4n) is 3.66. The molecule has 0 aliphatic rings. The number of pyridine rings is 1. The summed E-state index contributed by atoms with van der Waals surface area (Å²) in [5.74, 6) is 1.07. The molecule has 4 aromatic rings. The normalized spacial score (nSPS) is 10.9. The summed E-state index contributed by atoms with van der Waals surface area (Å²) < 4.78 is 0. The highest BCUT2D eigenvalue weighted by Crippen LogP contribution is 2.31. The van der Waals surface area contributed by atoms with E-state index in [1.54, 1.807) is 12.4 Å². The van der Waals surface area contributed by atoms with E-state index in [2.05, 4.69) is 41.3 Å². The van der Waals surface area contributed by atoms with E-state index in [0.29, 0.717) is 13.0 Å². The molecule has 1 amide bonds. The van der Waals surface area contributed by atoms with Gasteiger partial charge in [-0.1, -0.05) is 62.4 Å². The van der Waals surface area contributed by atoms with Crippen molar-refractivity contribution in [2.75, 3.05) is 0 Å². The van der Waals surface area contributed by atoms with Crippen molar-refractivity contribution in [1.29, 1.82) is 0 Å². The summed E-state index contributed by atoms with van der Waals surface area (Å²) in [7, 11) is 0. The fraction of sp³-hybridized carbons (Fsp3) is 0.214. The Balaban J connectivity index is 1.51. The molecule has 0 aliphatic carbocycles. The quantitative estimate of drug-likeness (QED) is 0.416. The van der Waals surface area contributed by atoms with Gasteiger partial charge in [-0.05, 0) is 41.3 Å². The number of aromatic nitrogens is 3. The van der Waals surface area contributed by atoms with Gasteiger partial charge in [0.2, 0.25) is 5.91 Å².